The first-order valence-corrected chi connectivity index (χ1v) is 6.37. The minimum atomic E-state index is -5.95. The van der Waals surface area contributed by atoms with Gasteiger partial charge in [-0.15, -0.1) is 0 Å². The number of aliphatic hydroxyl groups excluding tert-OH is 1. The molecule has 0 aromatic rings. The van der Waals surface area contributed by atoms with Crippen LogP contribution in [0.25, 0.3) is 0 Å². The molecule has 10 nitrogen and oxygen atoms in total. The molecule has 0 aliphatic rings. The SMILES string of the molecule is O=C([O-])C(O)(C(O)P(=O)(O)O)P(=O)(O)O.[Na+].[Na+].[Na+].[Na+].[Na+]. The number of aliphatic carboxylic acids is 1. The molecule has 0 aromatic carbocycles. The zero-order chi connectivity index (χ0) is 12.7. The molecule has 17 heteroatoms. The summed E-state index contributed by atoms with van der Waals surface area (Å²) in [6, 6.07) is 0. The maximum Gasteiger partial charge on any atom is 1.00 e. The number of carboxylic acids is 1. The summed E-state index contributed by atoms with van der Waals surface area (Å²) in [4.78, 5) is 43.6. The second-order valence-corrected chi connectivity index (χ2v) is 5.96. The Kier molecular flexibility index (Phi) is 29.4. The third kappa shape index (κ3) is 10.6. The fourth-order valence-corrected chi connectivity index (χ4v) is 2.62. The fraction of sp³-hybridized carbons (Fsp3) is 0.667. The maximum atomic E-state index is 10.5. The van der Waals surface area contributed by atoms with Gasteiger partial charge in [-0.1, -0.05) is 0 Å². The molecule has 0 aromatic heterocycles. The Labute approximate surface area is 224 Å². The number of aliphatic hydroxyl groups is 2. The van der Waals surface area contributed by atoms with Crippen LogP contribution in [0.2, 0.25) is 0 Å². The summed E-state index contributed by atoms with van der Waals surface area (Å²) >= 11 is 0. The van der Waals surface area contributed by atoms with Crippen LogP contribution in [0.5, 0.6) is 0 Å². The van der Waals surface area contributed by atoms with Crippen molar-refractivity contribution in [3.05, 3.63) is 0 Å². The quantitative estimate of drug-likeness (QED) is 0.201. The molecule has 0 rings (SSSR count). The van der Waals surface area contributed by atoms with E-state index in [2.05, 4.69) is 0 Å². The average molecular weight is 380 g/mol. The van der Waals surface area contributed by atoms with Gasteiger partial charge in [-0.3, -0.25) is 9.13 Å². The Hall–Kier alpha value is 4.69. The van der Waals surface area contributed by atoms with Crippen LogP contribution in [-0.4, -0.2) is 46.9 Å². The number of hydrogen-bond acceptors (Lipinski definition) is 6. The summed E-state index contributed by atoms with van der Waals surface area (Å²) < 4.78 is 20.9. The van der Waals surface area contributed by atoms with Crippen LogP contribution >= 0.6 is 15.2 Å². The second-order valence-electron chi connectivity index (χ2n) is 2.52. The molecule has 0 fully saturated rings. The van der Waals surface area contributed by atoms with Crippen molar-refractivity contribution in [2.75, 3.05) is 0 Å². The van der Waals surface area contributed by atoms with Crippen LogP contribution in [0.15, 0.2) is 0 Å². The molecule has 0 spiro atoms. The van der Waals surface area contributed by atoms with Crippen LogP contribution in [0, 0.1) is 0 Å². The van der Waals surface area contributed by atoms with Crippen LogP contribution in [0.4, 0.5) is 0 Å². The van der Waals surface area contributed by atoms with Crippen LogP contribution in [0.3, 0.4) is 0 Å². The zero-order valence-electron chi connectivity index (χ0n) is 11.8. The molecule has 2 unspecified atom stereocenters. The third-order valence-corrected chi connectivity index (χ3v) is 3.95. The van der Waals surface area contributed by atoms with E-state index in [0.717, 1.165) is 0 Å². The van der Waals surface area contributed by atoms with Gasteiger partial charge in [0.2, 0.25) is 11.2 Å². The summed E-state index contributed by atoms with van der Waals surface area (Å²) in [7, 11) is -11.6. The van der Waals surface area contributed by atoms with Gasteiger partial charge in [-0.05, 0) is 0 Å². The number of rotatable bonds is 4. The standard InChI is InChI=1S/C3H8O10P2.5Na/c4-1(5)3(7,15(11,12)13)2(6)14(8,9)10;;;;;/h2,6-7H,(H,4,5)(H2,8,9,10)(H2,11,12,13);;;;;/q;5*+1/p-1. The van der Waals surface area contributed by atoms with Crippen molar-refractivity contribution in [2.45, 2.75) is 11.2 Å². The van der Waals surface area contributed by atoms with Crippen molar-refractivity contribution < 1.29 is 197 Å². The first-order valence-electron chi connectivity index (χ1n) is 3.08. The van der Waals surface area contributed by atoms with E-state index in [-0.39, 0.29) is 148 Å². The van der Waals surface area contributed by atoms with Gasteiger partial charge in [-0.25, -0.2) is 0 Å². The average Bonchev–Trinajstić information content (AvgIpc) is 1.97. The minimum Gasteiger partial charge on any atom is -0.546 e. The van der Waals surface area contributed by atoms with E-state index in [1.807, 2.05) is 0 Å². The Morgan fingerprint density at radius 1 is 0.950 bits per heavy atom. The molecule has 0 saturated heterocycles. The van der Waals surface area contributed by atoms with E-state index in [4.69, 9.17) is 29.8 Å². The normalized spacial score (nSPS) is 14.5. The summed E-state index contributed by atoms with van der Waals surface area (Å²) in [5.41, 5.74) is 0. The van der Waals surface area contributed by atoms with Crippen LogP contribution < -0.4 is 153 Å². The molecule has 0 bridgehead atoms. The number of hydrogen-bond donors (Lipinski definition) is 6. The first-order chi connectivity index (χ1) is 6.35. The van der Waals surface area contributed by atoms with Crippen molar-refractivity contribution in [3.8, 4) is 0 Å². The van der Waals surface area contributed by atoms with Gasteiger partial charge in [0.15, 0.2) is 0 Å². The minimum absolute atomic E-state index is 0. The van der Waals surface area contributed by atoms with E-state index in [1.165, 1.54) is 0 Å². The van der Waals surface area contributed by atoms with E-state index in [0.29, 0.717) is 0 Å². The van der Waals surface area contributed by atoms with Gasteiger partial charge >= 0.3 is 163 Å². The van der Waals surface area contributed by atoms with Gasteiger partial charge in [0.1, 0.15) is 0 Å². The maximum absolute atomic E-state index is 10.5. The summed E-state index contributed by atoms with van der Waals surface area (Å²) in [6.45, 7) is 0. The monoisotopic (exact) mass is 380 g/mol. The van der Waals surface area contributed by atoms with Gasteiger partial charge < -0.3 is 39.7 Å². The van der Waals surface area contributed by atoms with Crippen LogP contribution in [0.1, 0.15) is 0 Å². The molecule has 0 radical (unpaired) electrons. The Morgan fingerprint density at radius 3 is 1.25 bits per heavy atom. The smallest absolute Gasteiger partial charge is 0.546 e. The Balaban J connectivity index is -0.0000000980. The zero-order valence-corrected chi connectivity index (χ0v) is 23.6. The van der Waals surface area contributed by atoms with Gasteiger partial charge in [0.25, 0.3) is 0 Å². The predicted octanol–water partition coefficient (Wildman–Crippen LogP) is -18.9. The molecule has 0 aliphatic heterocycles. The molecule has 0 saturated carbocycles. The molecule has 0 heterocycles. The molecule has 2 atom stereocenters. The largest absolute Gasteiger partial charge is 1.00 e. The van der Waals surface area contributed by atoms with Gasteiger partial charge in [-0.2, -0.15) is 0 Å². The predicted molar refractivity (Wildman–Crippen MR) is 40.1 cm³/mol. The van der Waals surface area contributed by atoms with Crippen molar-refractivity contribution >= 4 is 21.2 Å². The molecule has 0 amide bonds. The number of carbonyl (C=O) groups excluding carboxylic acids is 1. The number of carboxylic acid groups (broad SMARTS) is 1. The topological polar surface area (TPSA) is 196 Å². The van der Waals surface area contributed by atoms with Crippen molar-refractivity contribution in [3.63, 3.8) is 0 Å². The van der Waals surface area contributed by atoms with Crippen molar-refractivity contribution in [2.24, 2.45) is 0 Å². The van der Waals surface area contributed by atoms with E-state index >= 15 is 0 Å². The van der Waals surface area contributed by atoms with E-state index in [9.17, 15) is 19.0 Å². The Bertz CT molecular complexity index is 366. The molecule has 90 valence electrons. The molecular formula is C3H7Na5O10P2+4. The molecule has 20 heavy (non-hydrogen) atoms. The first kappa shape index (κ1) is 39.7. The Morgan fingerprint density at radius 2 is 1.20 bits per heavy atom. The second kappa shape index (κ2) is 14.8. The number of carbonyl (C=O) groups is 1. The summed E-state index contributed by atoms with van der Waals surface area (Å²) in [6.07, 6.45) is 0. The molecular weight excluding hydrogens is 373 g/mol. The van der Waals surface area contributed by atoms with Crippen molar-refractivity contribution in [1.82, 2.24) is 0 Å². The summed E-state index contributed by atoms with van der Waals surface area (Å²) in [5.74, 6) is -6.39. The fourth-order valence-electron chi connectivity index (χ4n) is 0.609. The molecule has 0 aliphatic carbocycles. The summed E-state index contributed by atoms with van der Waals surface area (Å²) in [5, 5.41) is 23.4. The van der Waals surface area contributed by atoms with Crippen LogP contribution in [-0.2, 0) is 13.9 Å². The van der Waals surface area contributed by atoms with Gasteiger partial charge in [0.05, 0.1) is 5.97 Å². The van der Waals surface area contributed by atoms with Crippen molar-refractivity contribution in [1.29, 1.82) is 0 Å². The van der Waals surface area contributed by atoms with E-state index < -0.39 is 32.3 Å². The van der Waals surface area contributed by atoms with Gasteiger partial charge in [0, 0.05) is 0 Å². The van der Waals surface area contributed by atoms with E-state index in [1.54, 1.807) is 0 Å². The third-order valence-electron chi connectivity index (χ3n) is 1.42. The molecule has 6 N–H and O–H groups in total.